The zero-order valence-corrected chi connectivity index (χ0v) is 16.9. The zero-order valence-electron chi connectivity index (χ0n) is 16.9. The van der Waals surface area contributed by atoms with Crippen LogP contribution in [0, 0.1) is 0 Å². The minimum atomic E-state index is 0.519. The molecule has 0 radical (unpaired) electrons. The maximum atomic E-state index is 6.20. The molecule has 6 rings (SSSR count). The highest BCUT2D eigenvalue weighted by Gasteiger charge is 2.36. The number of pyridine rings is 1. The molecule has 0 spiro atoms. The van der Waals surface area contributed by atoms with Gasteiger partial charge in [0.25, 0.3) is 0 Å². The van der Waals surface area contributed by atoms with E-state index in [0.29, 0.717) is 18.7 Å². The maximum Gasteiger partial charge on any atom is 0.128 e. The van der Waals surface area contributed by atoms with Gasteiger partial charge < -0.3 is 9.72 Å². The molecule has 0 saturated carbocycles. The summed E-state index contributed by atoms with van der Waals surface area (Å²) in [6.07, 6.45) is 10.1. The van der Waals surface area contributed by atoms with E-state index in [4.69, 9.17) is 4.74 Å². The van der Waals surface area contributed by atoms with Crippen molar-refractivity contribution in [2.75, 3.05) is 13.2 Å². The number of fused-ring (bicyclic) bond motifs is 4. The second kappa shape index (κ2) is 7.29. The first-order valence-electron chi connectivity index (χ1n) is 10.9. The fourth-order valence-corrected chi connectivity index (χ4v) is 5.27. The predicted octanol–water partition coefficient (Wildman–Crippen LogP) is 5.42. The van der Waals surface area contributed by atoms with Gasteiger partial charge in [-0.2, -0.15) is 0 Å². The van der Waals surface area contributed by atoms with Gasteiger partial charge in [0.1, 0.15) is 12.4 Å². The van der Waals surface area contributed by atoms with Crippen LogP contribution in [0.2, 0.25) is 0 Å². The summed E-state index contributed by atoms with van der Waals surface area (Å²) in [5, 5.41) is 2.42. The topological polar surface area (TPSA) is 41.2 Å². The van der Waals surface area contributed by atoms with Gasteiger partial charge in [0.15, 0.2) is 0 Å². The van der Waals surface area contributed by atoms with E-state index in [9.17, 15) is 0 Å². The van der Waals surface area contributed by atoms with Crippen molar-refractivity contribution in [3.05, 3.63) is 78.6 Å². The van der Waals surface area contributed by atoms with Crippen LogP contribution in [0.4, 0.5) is 0 Å². The monoisotopic (exact) mass is 395 g/mol. The van der Waals surface area contributed by atoms with E-state index in [1.807, 2.05) is 30.5 Å². The van der Waals surface area contributed by atoms with E-state index in [1.54, 1.807) is 0 Å². The zero-order chi connectivity index (χ0) is 19.9. The van der Waals surface area contributed by atoms with Crippen molar-refractivity contribution in [3.63, 3.8) is 0 Å². The molecule has 4 heterocycles. The highest BCUT2D eigenvalue weighted by Crippen LogP contribution is 2.40. The fourth-order valence-electron chi connectivity index (χ4n) is 5.27. The van der Waals surface area contributed by atoms with Crippen LogP contribution in [-0.2, 0) is 0 Å². The van der Waals surface area contributed by atoms with Crippen LogP contribution < -0.4 is 4.74 Å². The molecule has 4 aromatic rings. The maximum absolute atomic E-state index is 6.20. The molecule has 2 aromatic carbocycles. The summed E-state index contributed by atoms with van der Waals surface area (Å²) >= 11 is 0. The molecule has 2 unspecified atom stereocenters. The second-order valence-electron chi connectivity index (χ2n) is 8.36. The Labute approximate surface area is 176 Å². The molecule has 1 fully saturated rings. The number of ether oxygens (including phenoxy) is 1. The lowest BCUT2D eigenvalue weighted by Crippen LogP contribution is -2.40. The Hall–Kier alpha value is -3.11. The Kier molecular flexibility index (Phi) is 4.31. The highest BCUT2D eigenvalue weighted by atomic mass is 16.5. The van der Waals surface area contributed by atoms with Gasteiger partial charge in [-0.15, -0.1) is 0 Å². The van der Waals surface area contributed by atoms with Crippen molar-refractivity contribution in [3.8, 4) is 5.75 Å². The van der Waals surface area contributed by atoms with E-state index in [1.165, 1.54) is 34.9 Å². The van der Waals surface area contributed by atoms with Gasteiger partial charge in [-0.3, -0.25) is 9.88 Å². The third-order valence-electron chi connectivity index (χ3n) is 6.69. The fraction of sp³-hybridized carbons (Fsp3) is 0.269. The smallest absolute Gasteiger partial charge is 0.128 e. The number of H-pyrrole nitrogens is 1. The first-order chi connectivity index (χ1) is 14.9. The van der Waals surface area contributed by atoms with E-state index in [0.717, 1.165) is 29.6 Å². The average molecular weight is 396 g/mol. The first kappa shape index (κ1) is 17.7. The van der Waals surface area contributed by atoms with Gasteiger partial charge in [0.05, 0.1) is 5.52 Å². The van der Waals surface area contributed by atoms with Crippen LogP contribution in [-0.4, -0.2) is 40.1 Å². The number of benzene rings is 2. The van der Waals surface area contributed by atoms with E-state index in [2.05, 4.69) is 57.5 Å². The standard InChI is InChI=1S/C26H25N3O/c1-2-7-24-21(5-1)23(17-28-24)18-15-19-10-11-20(16-18)29(19)13-14-30-26-9-3-8-25-22(26)6-4-12-27-25/h1-9,12,15,17,19-20,28H,10-11,13-14,16H2. The van der Waals surface area contributed by atoms with Crippen molar-refractivity contribution in [2.24, 2.45) is 0 Å². The molecule has 2 aromatic heterocycles. The van der Waals surface area contributed by atoms with Crippen LogP contribution >= 0.6 is 0 Å². The summed E-state index contributed by atoms with van der Waals surface area (Å²) in [5.41, 5.74) is 5.08. The normalized spacial score (nSPS) is 21.3. The lowest BCUT2D eigenvalue weighted by Gasteiger charge is -2.33. The number of hydrogen-bond donors (Lipinski definition) is 1. The molecule has 4 nitrogen and oxygen atoms in total. The van der Waals surface area contributed by atoms with E-state index >= 15 is 0 Å². The van der Waals surface area contributed by atoms with Gasteiger partial charge in [-0.05, 0) is 55.2 Å². The van der Waals surface area contributed by atoms with Gasteiger partial charge in [-0.1, -0.05) is 30.3 Å². The van der Waals surface area contributed by atoms with Crippen molar-refractivity contribution < 1.29 is 4.74 Å². The number of nitrogens with zero attached hydrogens (tertiary/aromatic N) is 2. The lowest BCUT2D eigenvalue weighted by molar-refractivity contribution is 0.170. The summed E-state index contributed by atoms with van der Waals surface area (Å²) < 4.78 is 6.20. The van der Waals surface area contributed by atoms with Gasteiger partial charge in [0, 0.05) is 52.9 Å². The lowest BCUT2D eigenvalue weighted by atomic mass is 9.94. The van der Waals surface area contributed by atoms with Crippen molar-refractivity contribution >= 4 is 27.4 Å². The number of nitrogens with one attached hydrogen (secondary N) is 1. The molecule has 0 aliphatic carbocycles. The molecule has 0 amide bonds. The molecule has 2 aliphatic heterocycles. The number of para-hydroxylation sites is 1. The van der Waals surface area contributed by atoms with E-state index in [-0.39, 0.29) is 0 Å². The molecular formula is C26H25N3O. The van der Waals surface area contributed by atoms with Gasteiger partial charge >= 0.3 is 0 Å². The summed E-state index contributed by atoms with van der Waals surface area (Å²) in [6, 6.07) is 19.9. The molecule has 150 valence electrons. The number of hydrogen-bond acceptors (Lipinski definition) is 3. The molecule has 2 bridgehead atoms. The van der Waals surface area contributed by atoms with Crippen LogP contribution in [0.3, 0.4) is 0 Å². The molecular weight excluding hydrogens is 370 g/mol. The molecule has 4 heteroatoms. The third kappa shape index (κ3) is 2.99. The second-order valence-corrected chi connectivity index (χ2v) is 8.36. The van der Waals surface area contributed by atoms with Crippen molar-refractivity contribution in [1.82, 2.24) is 14.9 Å². The van der Waals surface area contributed by atoms with E-state index < -0.39 is 0 Å². The molecule has 2 aliphatic rings. The predicted molar refractivity (Wildman–Crippen MR) is 122 cm³/mol. The van der Waals surface area contributed by atoms with Crippen LogP contribution in [0.15, 0.2) is 73.1 Å². The summed E-state index contributed by atoms with van der Waals surface area (Å²) in [7, 11) is 0. The largest absolute Gasteiger partial charge is 0.492 e. The number of aromatic amines is 1. The van der Waals surface area contributed by atoms with Crippen LogP contribution in [0.25, 0.3) is 27.4 Å². The van der Waals surface area contributed by atoms with Crippen LogP contribution in [0.1, 0.15) is 24.8 Å². The first-order valence-corrected chi connectivity index (χ1v) is 10.9. The Bertz CT molecular complexity index is 1240. The minimum Gasteiger partial charge on any atom is -0.492 e. The van der Waals surface area contributed by atoms with Crippen molar-refractivity contribution in [1.29, 1.82) is 0 Å². The summed E-state index contributed by atoms with van der Waals surface area (Å²) in [5.74, 6) is 0.931. The Morgan fingerprint density at radius 3 is 2.90 bits per heavy atom. The van der Waals surface area contributed by atoms with Crippen LogP contribution in [0.5, 0.6) is 5.75 Å². The summed E-state index contributed by atoms with van der Waals surface area (Å²) in [4.78, 5) is 10.5. The molecule has 1 saturated heterocycles. The molecule has 2 atom stereocenters. The molecule has 30 heavy (non-hydrogen) atoms. The minimum absolute atomic E-state index is 0.519. The quantitative estimate of drug-likeness (QED) is 0.491. The summed E-state index contributed by atoms with van der Waals surface area (Å²) in [6.45, 7) is 1.67. The van der Waals surface area contributed by atoms with Gasteiger partial charge in [-0.25, -0.2) is 0 Å². The highest BCUT2D eigenvalue weighted by molar-refractivity contribution is 5.93. The SMILES string of the molecule is C1=C(c2c[nH]c3ccccc23)CC2CCC1N2CCOc1cccc2ncccc12. The number of rotatable bonds is 5. The Balaban J connectivity index is 1.18. The Morgan fingerprint density at radius 2 is 1.93 bits per heavy atom. The van der Waals surface area contributed by atoms with Gasteiger partial charge in [0.2, 0.25) is 0 Å². The third-order valence-corrected chi connectivity index (χ3v) is 6.69. The number of aromatic nitrogens is 2. The molecule has 1 N–H and O–H groups in total. The average Bonchev–Trinajstić information content (AvgIpc) is 3.31. The Morgan fingerprint density at radius 1 is 1.00 bits per heavy atom. The van der Waals surface area contributed by atoms with Crippen molar-refractivity contribution in [2.45, 2.75) is 31.3 Å².